The Morgan fingerprint density at radius 2 is 2.25 bits per heavy atom. The van der Waals surface area contributed by atoms with Gasteiger partial charge in [-0.3, -0.25) is 0 Å². The van der Waals surface area contributed by atoms with Gasteiger partial charge in [0.15, 0.2) is 0 Å². The molecule has 1 aliphatic rings. The third-order valence-corrected chi connectivity index (χ3v) is 2.47. The number of hydrogen-bond acceptors (Lipinski definition) is 5. The number of aromatic nitrogens is 2. The predicted octanol–water partition coefficient (Wildman–Crippen LogP) is 1.81. The Morgan fingerprint density at radius 1 is 1.44 bits per heavy atom. The van der Waals surface area contributed by atoms with Crippen molar-refractivity contribution in [3.8, 4) is 0 Å². The Labute approximate surface area is 95.6 Å². The third kappa shape index (κ3) is 3.02. The van der Waals surface area contributed by atoms with Crippen LogP contribution in [0, 0.1) is 0 Å². The second-order valence-corrected chi connectivity index (χ2v) is 5.15. The third-order valence-electron chi connectivity index (χ3n) is 2.47. The van der Waals surface area contributed by atoms with Gasteiger partial charge in [-0.2, -0.15) is 4.98 Å². The molecule has 1 fully saturated rings. The molecule has 0 bridgehead atoms. The molecule has 0 amide bonds. The molecule has 1 unspecified atom stereocenters. The zero-order valence-electron chi connectivity index (χ0n) is 10.1. The molecule has 0 aromatic carbocycles. The van der Waals surface area contributed by atoms with Crippen LogP contribution < -0.4 is 5.32 Å². The maximum Gasteiger partial charge on any atom is 0.240 e. The Hall–Kier alpha value is -0.940. The van der Waals surface area contributed by atoms with Crippen LogP contribution in [0.15, 0.2) is 4.52 Å². The zero-order valence-corrected chi connectivity index (χ0v) is 10.1. The highest BCUT2D eigenvalue weighted by Crippen LogP contribution is 2.25. The molecule has 2 heterocycles. The van der Waals surface area contributed by atoms with E-state index in [1.54, 1.807) is 0 Å². The quantitative estimate of drug-likeness (QED) is 0.850. The molecule has 90 valence electrons. The van der Waals surface area contributed by atoms with Crippen LogP contribution in [-0.4, -0.2) is 22.3 Å². The van der Waals surface area contributed by atoms with Gasteiger partial charge in [0.1, 0.15) is 6.10 Å². The van der Waals surface area contributed by atoms with Crippen LogP contribution in [0.2, 0.25) is 0 Å². The minimum absolute atomic E-state index is 0.0344. The molecule has 5 heteroatoms. The first kappa shape index (κ1) is 11.5. The van der Waals surface area contributed by atoms with Gasteiger partial charge in [0.05, 0.1) is 6.54 Å². The fourth-order valence-corrected chi connectivity index (χ4v) is 1.59. The number of ether oxygens (including phenoxy) is 1. The lowest BCUT2D eigenvalue weighted by atomic mass is 10.1. The summed E-state index contributed by atoms with van der Waals surface area (Å²) in [6.07, 6.45) is 2.10. The normalized spacial score (nSPS) is 21.6. The second-order valence-electron chi connectivity index (χ2n) is 5.15. The molecule has 1 aromatic heterocycles. The molecule has 1 atom stereocenters. The van der Waals surface area contributed by atoms with Crippen molar-refractivity contribution in [3.05, 3.63) is 11.7 Å². The Balaban J connectivity index is 1.91. The zero-order chi connectivity index (χ0) is 11.6. The smallest absolute Gasteiger partial charge is 0.240 e. The van der Waals surface area contributed by atoms with E-state index in [9.17, 15) is 0 Å². The second kappa shape index (κ2) is 4.51. The number of nitrogens with one attached hydrogen (secondary N) is 1. The average Bonchev–Trinajstić information content (AvgIpc) is 2.84. The summed E-state index contributed by atoms with van der Waals surface area (Å²) < 4.78 is 10.7. The largest absolute Gasteiger partial charge is 0.370 e. The lowest BCUT2D eigenvalue weighted by Crippen LogP contribution is -2.35. The lowest BCUT2D eigenvalue weighted by Gasteiger charge is -2.18. The Bertz CT molecular complexity index is 337. The van der Waals surface area contributed by atoms with E-state index in [0.29, 0.717) is 18.3 Å². The highest BCUT2D eigenvalue weighted by molar-refractivity contribution is 4.93. The first-order valence-electron chi connectivity index (χ1n) is 5.74. The van der Waals surface area contributed by atoms with Gasteiger partial charge < -0.3 is 14.6 Å². The van der Waals surface area contributed by atoms with E-state index in [1.807, 2.05) is 0 Å². The van der Waals surface area contributed by atoms with Crippen LogP contribution in [0.3, 0.4) is 0 Å². The average molecular weight is 225 g/mol. The van der Waals surface area contributed by atoms with Gasteiger partial charge in [-0.05, 0) is 33.6 Å². The summed E-state index contributed by atoms with van der Waals surface area (Å²) in [5.74, 6) is 1.31. The van der Waals surface area contributed by atoms with Crippen LogP contribution in [0.1, 0.15) is 51.4 Å². The Morgan fingerprint density at radius 3 is 2.88 bits per heavy atom. The van der Waals surface area contributed by atoms with Crippen molar-refractivity contribution in [1.29, 1.82) is 0 Å². The molecular weight excluding hydrogens is 206 g/mol. The lowest BCUT2D eigenvalue weighted by molar-refractivity contribution is 0.103. The van der Waals surface area contributed by atoms with Crippen molar-refractivity contribution in [2.24, 2.45) is 0 Å². The molecule has 1 saturated heterocycles. The first-order valence-corrected chi connectivity index (χ1v) is 5.74. The van der Waals surface area contributed by atoms with Crippen molar-refractivity contribution < 1.29 is 9.26 Å². The van der Waals surface area contributed by atoms with Crippen LogP contribution >= 0.6 is 0 Å². The van der Waals surface area contributed by atoms with E-state index < -0.39 is 0 Å². The van der Waals surface area contributed by atoms with Gasteiger partial charge in [-0.15, -0.1) is 0 Å². The van der Waals surface area contributed by atoms with E-state index in [2.05, 4.69) is 36.2 Å². The highest BCUT2D eigenvalue weighted by atomic mass is 16.5. The molecule has 1 aromatic rings. The standard InChI is InChI=1S/C11H19N3O2/c1-11(2,3)12-7-9-13-10(14-16-9)8-5-4-6-15-8/h8,12H,4-7H2,1-3H3. The van der Waals surface area contributed by atoms with Gasteiger partial charge in [-0.25, -0.2) is 0 Å². The van der Waals surface area contributed by atoms with Crippen molar-refractivity contribution in [3.63, 3.8) is 0 Å². The van der Waals surface area contributed by atoms with Gasteiger partial charge >= 0.3 is 0 Å². The molecule has 16 heavy (non-hydrogen) atoms. The van der Waals surface area contributed by atoms with E-state index in [-0.39, 0.29) is 11.6 Å². The van der Waals surface area contributed by atoms with E-state index in [0.717, 1.165) is 19.4 Å². The maximum absolute atomic E-state index is 5.49. The maximum atomic E-state index is 5.49. The molecule has 0 aliphatic carbocycles. The topological polar surface area (TPSA) is 60.2 Å². The Kier molecular flexibility index (Phi) is 3.25. The van der Waals surface area contributed by atoms with Gasteiger partial charge in [0.25, 0.3) is 0 Å². The van der Waals surface area contributed by atoms with Gasteiger partial charge in [0, 0.05) is 12.1 Å². The molecule has 2 rings (SSSR count). The van der Waals surface area contributed by atoms with Gasteiger partial charge in [0.2, 0.25) is 11.7 Å². The predicted molar refractivity (Wildman–Crippen MR) is 58.8 cm³/mol. The van der Waals surface area contributed by atoms with E-state index in [1.165, 1.54) is 0 Å². The summed E-state index contributed by atoms with van der Waals surface area (Å²) in [6, 6.07) is 0. The highest BCUT2D eigenvalue weighted by Gasteiger charge is 2.23. The van der Waals surface area contributed by atoms with Crippen LogP contribution in [0.25, 0.3) is 0 Å². The summed E-state index contributed by atoms with van der Waals surface area (Å²) >= 11 is 0. The minimum Gasteiger partial charge on any atom is -0.370 e. The van der Waals surface area contributed by atoms with E-state index >= 15 is 0 Å². The van der Waals surface area contributed by atoms with Crippen LogP contribution in [0.5, 0.6) is 0 Å². The van der Waals surface area contributed by atoms with Crippen molar-refractivity contribution in [2.75, 3.05) is 6.61 Å². The SMILES string of the molecule is CC(C)(C)NCc1nc(C2CCCO2)no1. The van der Waals surface area contributed by atoms with E-state index in [4.69, 9.17) is 9.26 Å². The summed E-state index contributed by atoms with van der Waals surface area (Å²) in [7, 11) is 0. The summed E-state index contributed by atoms with van der Waals surface area (Å²) in [6.45, 7) is 7.71. The van der Waals surface area contributed by atoms with Crippen molar-refractivity contribution in [1.82, 2.24) is 15.5 Å². The summed E-state index contributed by atoms with van der Waals surface area (Å²) in [4.78, 5) is 4.33. The number of nitrogens with zero attached hydrogens (tertiary/aromatic N) is 2. The molecule has 0 spiro atoms. The molecule has 1 N–H and O–H groups in total. The molecule has 0 radical (unpaired) electrons. The van der Waals surface area contributed by atoms with Crippen molar-refractivity contribution in [2.45, 2.75) is 51.8 Å². The fourth-order valence-electron chi connectivity index (χ4n) is 1.59. The van der Waals surface area contributed by atoms with Crippen LogP contribution in [-0.2, 0) is 11.3 Å². The van der Waals surface area contributed by atoms with Crippen molar-refractivity contribution >= 4 is 0 Å². The van der Waals surface area contributed by atoms with Crippen LogP contribution in [0.4, 0.5) is 0 Å². The molecule has 5 nitrogen and oxygen atoms in total. The monoisotopic (exact) mass is 225 g/mol. The summed E-state index contributed by atoms with van der Waals surface area (Å²) in [5.41, 5.74) is 0.0541. The number of hydrogen-bond donors (Lipinski definition) is 1. The minimum atomic E-state index is 0.0344. The molecular formula is C11H19N3O2. The molecule has 0 saturated carbocycles. The molecule has 1 aliphatic heterocycles. The van der Waals surface area contributed by atoms with Gasteiger partial charge in [-0.1, -0.05) is 5.16 Å². The first-order chi connectivity index (χ1) is 7.54. The summed E-state index contributed by atoms with van der Waals surface area (Å²) in [5, 5.41) is 7.25. The number of rotatable bonds is 3. The fraction of sp³-hybridized carbons (Fsp3) is 0.818.